The maximum Gasteiger partial charge on any atom is 0.332 e. The van der Waals surface area contributed by atoms with Crippen LogP contribution in [0.4, 0.5) is 4.39 Å². The Morgan fingerprint density at radius 2 is 1.76 bits per heavy atom. The number of fused-ring (bicyclic) bond motifs is 1. The Kier molecular flexibility index (Phi) is 5.61. The molecule has 0 fully saturated rings. The molecule has 5 heterocycles. The van der Waals surface area contributed by atoms with Crippen molar-refractivity contribution in [3.63, 3.8) is 0 Å². The highest BCUT2D eigenvalue weighted by Crippen LogP contribution is 2.23. The fraction of sp³-hybridized carbons (Fsp3) is 0.111. The zero-order valence-corrected chi connectivity index (χ0v) is 19.5. The van der Waals surface area contributed by atoms with Gasteiger partial charge in [-0.15, -0.1) is 0 Å². The lowest BCUT2D eigenvalue weighted by Crippen LogP contribution is -2.40. The van der Waals surface area contributed by atoms with Gasteiger partial charge < -0.3 is 9.40 Å². The third-order valence-electron chi connectivity index (χ3n) is 6.25. The highest BCUT2D eigenvalue weighted by molar-refractivity contribution is 5.82. The van der Waals surface area contributed by atoms with Gasteiger partial charge in [-0.05, 0) is 35.9 Å². The smallest absolute Gasteiger partial charge is 0.332 e. The number of benzene rings is 1. The van der Waals surface area contributed by atoms with Crippen LogP contribution >= 0.6 is 0 Å². The minimum absolute atomic E-state index is 0.0787. The summed E-state index contributed by atoms with van der Waals surface area (Å²) < 4.78 is 23.6. The average molecular weight is 497 g/mol. The van der Waals surface area contributed by atoms with Gasteiger partial charge in [-0.25, -0.2) is 9.18 Å². The molecule has 0 aliphatic heterocycles. The predicted molar refractivity (Wildman–Crippen MR) is 135 cm³/mol. The van der Waals surface area contributed by atoms with Crippen LogP contribution in [0.5, 0.6) is 0 Å². The predicted octanol–water partition coefficient (Wildman–Crippen LogP) is 3.63. The molecule has 6 rings (SSSR count). The lowest BCUT2D eigenvalue weighted by Gasteiger charge is -2.11. The van der Waals surface area contributed by atoms with Crippen LogP contribution in [-0.4, -0.2) is 28.9 Å². The number of rotatable bonds is 7. The van der Waals surface area contributed by atoms with Crippen molar-refractivity contribution >= 4 is 11.0 Å². The number of halogens is 1. The van der Waals surface area contributed by atoms with Gasteiger partial charge in [0.25, 0.3) is 5.56 Å². The van der Waals surface area contributed by atoms with Gasteiger partial charge in [0.05, 0.1) is 49.6 Å². The first-order chi connectivity index (χ1) is 18.1. The van der Waals surface area contributed by atoms with Crippen LogP contribution in [0, 0.1) is 5.82 Å². The molecule has 0 radical (unpaired) electrons. The topological polar surface area (TPSA) is 104 Å². The molecular weight excluding hydrogens is 475 g/mol. The second-order valence-electron chi connectivity index (χ2n) is 8.71. The normalized spacial score (nSPS) is 11.4. The highest BCUT2D eigenvalue weighted by Gasteiger charge is 2.18. The van der Waals surface area contributed by atoms with E-state index in [0.29, 0.717) is 33.4 Å². The molecule has 0 spiro atoms. The summed E-state index contributed by atoms with van der Waals surface area (Å²) >= 11 is 0. The largest absolute Gasteiger partial charge is 0.472 e. The van der Waals surface area contributed by atoms with Crippen molar-refractivity contribution in [2.75, 3.05) is 0 Å². The molecule has 9 nitrogen and oxygen atoms in total. The highest BCUT2D eigenvalue weighted by atomic mass is 19.1. The summed E-state index contributed by atoms with van der Waals surface area (Å²) in [6, 6.07) is 13.7. The first kappa shape index (κ1) is 22.5. The van der Waals surface area contributed by atoms with Crippen LogP contribution in [0.15, 0.2) is 99.9 Å². The molecule has 1 N–H and O–H groups in total. The van der Waals surface area contributed by atoms with Gasteiger partial charge in [0.2, 0.25) is 0 Å². The maximum absolute atomic E-state index is 14.1. The second kappa shape index (κ2) is 9.23. The summed E-state index contributed by atoms with van der Waals surface area (Å²) in [4.78, 5) is 34.2. The first-order valence-electron chi connectivity index (χ1n) is 11.6. The SMILES string of the molecule is O=c1c2[nH]c(-c3cnn(Cc4ccccc4F)c3)cc2n(Cc2ccncc2)c(=O)n1Cc1ccoc1. The number of nitrogens with one attached hydrogen (secondary N) is 1. The molecule has 1 aromatic carbocycles. The van der Waals surface area contributed by atoms with Crippen LogP contribution in [0.25, 0.3) is 22.3 Å². The van der Waals surface area contributed by atoms with Crippen molar-refractivity contribution in [1.29, 1.82) is 0 Å². The Morgan fingerprint density at radius 1 is 0.946 bits per heavy atom. The van der Waals surface area contributed by atoms with E-state index in [1.165, 1.54) is 23.2 Å². The quantitative estimate of drug-likeness (QED) is 0.364. The Labute approximate surface area is 209 Å². The zero-order chi connectivity index (χ0) is 25.4. The number of pyridine rings is 1. The van der Waals surface area contributed by atoms with Gasteiger partial charge in [-0.3, -0.25) is 23.6 Å². The minimum Gasteiger partial charge on any atom is -0.472 e. The van der Waals surface area contributed by atoms with Crippen molar-refractivity contribution in [2.24, 2.45) is 0 Å². The van der Waals surface area contributed by atoms with Gasteiger partial charge in [0.15, 0.2) is 0 Å². The van der Waals surface area contributed by atoms with E-state index in [2.05, 4.69) is 15.1 Å². The second-order valence-corrected chi connectivity index (χ2v) is 8.71. The van der Waals surface area contributed by atoms with Crippen molar-refractivity contribution in [3.05, 3.63) is 129 Å². The van der Waals surface area contributed by atoms with Crippen molar-refractivity contribution in [2.45, 2.75) is 19.6 Å². The average Bonchev–Trinajstić information content (AvgIpc) is 3.68. The molecule has 0 unspecified atom stereocenters. The third kappa shape index (κ3) is 4.29. The van der Waals surface area contributed by atoms with Crippen LogP contribution < -0.4 is 11.2 Å². The van der Waals surface area contributed by atoms with Gasteiger partial charge in [0, 0.05) is 35.3 Å². The van der Waals surface area contributed by atoms with E-state index in [4.69, 9.17) is 4.42 Å². The van der Waals surface area contributed by atoms with Crippen LogP contribution in [0.1, 0.15) is 16.7 Å². The van der Waals surface area contributed by atoms with E-state index < -0.39 is 11.2 Å². The number of furan rings is 1. The van der Waals surface area contributed by atoms with Gasteiger partial charge >= 0.3 is 5.69 Å². The summed E-state index contributed by atoms with van der Waals surface area (Å²) in [6.45, 7) is 0.597. The van der Waals surface area contributed by atoms with E-state index in [1.807, 2.05) is 12.1 Å². The van der Waals surface area contributed by atoms with Crippen LogP contribution in [-0.2, 0) is 19.6 Å². The number of hydrogen-bond acceptors (Lipinski definition) is 5. The number of nitrogens with zero attached hydrogens (tertiary/aromatic N) is 5. The number of hydrogen-bond donors (Lipinski definition) is 1. The fourth-order valence-electron chi connectivity index (χ4n) is 4.36. The van der Waals surface area contributed by atoms with E-state index in [0.717, 1.165) is 5.56 Å². The molecular formula is C27H21FN6O3. The summed E-state index contributed by atoms with van der Waals surface area (Å²) in [7, 11) is 0. The maximum atomic E-state index is 14.1. The molecule has 0 amide bonds. The molecule has 37 heavy (non-hydrogen) atoms. The standard InChI is InChI=1S/C27H21FN6O3/c28-22-4-2-1-3-20(22)15-32-16-21(12-30-32)23-11-24-25(31-23)26(35)34(14-19-7-10-37-17-19)27(36)33(24)13-18-5-8-29-9-6-18/h1-12,16-17,31H,13-15H2. The minimum atomic E-state index is -0.434. The van der Waals surface area contributed by atoms with Crippen molar-refractivity contribution in [3.8, 4) is 11.3 Å². The van der Waals surface area contributed by atoms with E-state index in [1.54, 1.807) is 64.4 Å². The lowest BCUT2D eigenvalue weighted by molar-refractivity contribution is 0.558. The van der Waals surface area contributed by atoms with Crippen LogP contribution in [0.2, 0.25) is 0 Å². The Bertz CT molecular complexity index is 1810. The zero-order valence-electron chi connectivity index (χ0n) is 19.5. The van der Waals surface area contributed by atoms with Crippen molar-refractivity contribution < 1.29 is 8.81 Å². The monoisotopic (exact) mass is 496 g/mol. The third-order valence-corrected chi connectivity index (χ3v) is 6.25. The fourth-order valence-corrected chi connectivity index (χ4v) is 4.36. The molecule has 184 valence electrons. The molecule has 0 aliphatic rings. The molecule has 0 atom stereocenters. The van der Waals surface area contributed by atoms with Gasteiger partial charge in [-0.1, -0.05) is 18.2 Å². The molecule has 0 saturated heterocycles. The summed E-state index contributed by atoms with van der Waals surface area (Å²) in [5.41, 5.74) is 3.33. The van der Waals surface area contributed by atoms with Gasteiger partial charge in [-0.2, -0.15) is 5.10 Å². The van der Waals surface area contributed by atoms with E-state index in [9.17, 15) is 14.0 Å². The summed E-state index contributed by atoms with van der Waals surface area (Å²) in [6.07, 6.45) is 9.73. The number of aromatic amines is 1. The Morgan fingerprint density at radius 3 is 2.54 bits per heavy atom. The summed E-state index contributed by atoms with van der Waals surface area (Å²) in [5, 5.41) is 4.36. The summed E-state index contributed by atoms with van der Waals surface area (Å²) in [5.74, 6) is -0.302. The van der Waals surface area contributed by atoms with Crippen LogP contribution in [0.3, 0.4) is 0 Å². The molecule has 0 saturated carbocycles. The Balaban J connectivity index is 1.45. The lowest BCUT2D eigenvalue weighted by atomic mass is 10.2. The number of aromatic nitrogens is 6. The van der Waals surface area contributed by atoms with E-state index >= 15 is 0 Å². The Hall–Kier alpha value is -4.99. The molecule has 0 bridgehead atoms. The van der Waals surface area contributed by atoms with E-state index in [-0.39, 0.29) is 25.5 Å². The van der Waals surface area contributed by atoms with Gasteiger partial charge in [0.1, 0.15) is 11.3 Å². The number of H-pyrrole nitrogens is 1. The molecule has 0 aliphatic carbocycles. The van der Waals surface area contributed by atoms with Crippen molar-refractivity contribution in [1.82, 2.24) is 28.9 Å². The molecule has 10 heteroatoms. The molecule has 5 aromatic heterocycles. The first-order valence-corrected chi connectivity index (χ1v) is 11.6. The molecule has 6 aromatic rings.